The molecule has 4 rings (SSSR count). The van der Waals surface area contributed by atoms with Crippen LogP contribution in [0.5, 0.6) is 0 Å². The van der Waals surface area contributed by atoms with Gasteiger partial charge in [0.05, 0.1) is 38.6 Å². The Labute approximate surface area is 202 Å². The Bertz CT molecular complexity index is 739. The molecule has 0 spiro atoms. The third-order valence-electron chi connectivity index (χ3n) is 8.46. The molecule has 0 saturated carbocycles. The van der Waals surface area contributed by atoms with E-state index in [1.54, 1.807) is 11.1 Å². The van der Waals surface area contributed by atoms with E-state index in [4.69, 9.17) is 18.9 Å². The molecule has 0 amide bonds. The van der Waals surface area contributed by atoms with Crippen molar-refractivity contribution >= 4 is 0 Å². The van der Waals surface area contributed by atoms with Crippen LogP contribution in [0.15, 0.2) is 23.3 Å². The minimum absolute atomic E-state index is 0.00176. The van der Waals surface area contributed by atoms with Crippen molar-refractivity contribution in [2.75, 3.05) is 26.4 Å². The molecule has 0 radical (unpaired) electrons. The van der Waals surface area contributed by atoms with Crippen LogP contribution in [-0.2, 0) is 18.9 Å². The van der Waals surface area contributed by atoms with E-state index >= 15 is 0 Å². The van der Waals surface area contributed by atoms with Crippen molar-refractivity contribution < 1.29 is 18.9 Å². The zero-order chi connectivity index (χ0) is 24.4. The fourth-order valence-corrected chi connectivity index (χ4v) is 6.96. The summed E-state index contributed by atoms with van der Waals surface area (Å²) in [6, 6.07) is 0. The molecule has 2 heterocycles. The van der Waals surface area contributed by atoms with Gasteiger partial charge in [-0.15, -0.1) is 0 Å². The van der Waals surface area contributed by atoms with Crippen LogP contribution in [0.1, 0.15) is 82.1 Å². The highest BCUT2D eigenvalue weighted by Crippen LogP contribution is 2.57. The first-order valence-corrected chi connectivity index (χ1v) is 13.0. The summed E-state index contributed by atoms with van der Waals surface area (Å²) < 4.78 is 23.7. The maximum absolute atomic E-state index is 6.46. The predicted octanol–water partition coefficient (Wildman–Crippen LogP) is 6.35. The predicted molar refractivity (Wildman–Crippen MR) is 133 cm³/mol. The molecule has 2 aliphatic heterocycles. The van der Waals surface area contributed by atoms with Gasteiger partial charge in [-0.3, -0.25) is 0 Å². The number of allylic oxidation sites excluding steroid dienone is 2. The summed E-state index contributed by atoms with van der Waals surface area (Å²) in [5.74, 6) is 0. The molecular weight excluding hydrogens is 412 g/mol. The van der Waals surface area contributed by atoms with Crippen LogP contribution in [-0.4, -0.2) is 50.8 Å². The molecule has 0 aromatic rings. The van der Waals surface area contributed by atoms with Crippen molar-refractivity contribution in [1.82, 2.24) is 0 Å². The van der Waals surface area contributed by atoms with E-state index in [1.165, 1.54) is 0 Å². The SMILES string of the molecule is CC(C)(C1=CC(C)(C)C(OCC2CO2)C(C)(C)C1)C1=CC(C)(C)C(OCC2CO2)C(C)(C)C1. The molecule has 0 bridgehead atoms. The van der Waals surface area contributed by atoms with Gasteiger partial charge < -0.3 is 18.9 Å². The number of epoxide rings is 2. The number of hydrogen-bond donors (Lipinski definition) is 0. The second kappa shape index (κ2) is 8.18. The highest BCUT2D eigenvalue weighted by atomic mass is 16.6. The van der Waals surface area contributed by atoms with E-state index in [0.29, 0.717) is 25.4 Å². The van der Waals surface area contributed by atoms with E-state index in [2.05, 4.69) is 81.4 Å². The summed E-state index contributed by atoms with van der Waals surface area (Å²) >= 11 is 0. The highest BCUT2D eigenvalue weighted by Gasteiger charge is 2.51. The van der Waals surface area contributed by atoms with Gasteiger partial charge in [-0.25, -0.2) is 0 Å². The molecular formula is C29H48O4. The Hall–Kier alpha value is -0.680. The fourth-order valence-electron chi connectivity index (χ4n) is 6.96. The van der Waals surface area contributed by atoms with Crippen LogP contribution < -0.4 is 0 Å². The van der Waals surface area contributed by atoms with Crippen molar-refractivity contribution in [1.29, 1.82) is 0 Å². The fraction of sp³-hybridized carbons (Fsp3) is 0.862. The lowest BCUT2D eigenvalue weighted by atomic mass is 9.55. The lowest BCUT2D eigenvalue weighted by molar-refractivity contribution is -0.0938. The van der Waals surface area contributed by atoms with Gasteiger partial charge in [-0.2, -0.15) is 0 Å². The van der Waals surface area contributed by atoms with E-state index in [-0.39, 0.29) is 39.3 Å². The summed E-state index contributed by atoms with van der Waals surface area (Å²) in [6.07, 6.45) is 8.14. The van der Waals surface area contributed by atoms with Crippen LogP contribution in [0.4, 0.5) is 0 Å². The van der Waals surface area contributed by atoms with Gasteiger partial charge in [-0.1, -0.05) is 92.5 Å². The molecule has 2 fully saturated rings. The van der Waals surface area contributed by atoms with E-state index in [1.807, 2.05) is 0 Å². The number of hydrogen-bond acceptors (Lipinski definition) is 4. The van der Waals surface area contributed by atoms with Crippen molar-refractivity contribution in [3.63, 3.8) is 0 Å². The lowest BCUT2D eigenvalue weighted by Gasteiger charge is -2.53. The van der Waals surface area contributed by atoms with E-state index in [0.717, 1.165) is 26.1 Å². The topological polar surface area (TPSA) is 43.5 Å². The van der Waals surface area contributed by atoms with Crippen LogP contribution in [0.3, 0.4) is 0 Å². The minimum atomic E-state index is -0.0284. The zero-order valence-corrected chi connectivity index (χ0v) is 22.8. The van der Waals surface area contributed by atoms with Crippen LogP contribution in [0, 0.1) is 27.1 Å². The Morgan fingerprint density at radius 2 is 1.06 bits per heavy atom. The molecule has 2 saturated heterocycles. The van der Waals surface area contributed by atoms with Crippen molar-refractivity contribution in [3.05, 3.63) is 23.3 Å². The van der Waals surface area contributed by atoms with Gasteiger partial charge in [-0.05, 0) is 23.7 Å². The van der Waals surface area contributed by atoms with Crippen LogP contribution in [0.25, 0.3) is 0 Å². The highest BCUT2D eigenvalue weighted by molar-refractivity contribution is 5.36. The van der Waals surface area contributed by atoms with Gasteiger partial charge in [0.25, 0.3) is 0 Å². The molecule has 4 nitrogen and oxygen atoms in total. The second-order valence-electron chi connectivity index (χ2n) is 14.3. The van der Waals surface area contributed by atoms with Crippen LogP contribution in [0.2, 0.25) is 0 Å². The third-order valence-corrected chi connectivity index (χ3v) is 8.46. The molecule has 33 heavy (non-hydrogen) atoms. The summed E-state index contributed by atoms with van der Waals surface area (Å²) in [6.45, 7) is 26.9. The van der Waals surface area contributed by atoms with E-state index in [9.17, 15) is 0 Å². The summed E-state index contributed by atoms with van der Waals surface area (Å²) in [4.78, 5) is 0. The van der Waals surface area contributed by atoms with Gasteiger partial charge in [0, 0.05) is 16.2 Å². The third kappa shape index (κ3) is 5.29. The summed E-state index contributed by atoms with van der Waals surface area (Å²) in [5.41, 5.74) is 3.16. The standard InChI is InChI=1S/C29H48O4/c1-25(2)11-19(12-26(3,4)23(25)32-17-21-15-30-21)29(9,10)20-13-27(5,6)24(28(7,8)14-20)33-18-22-16-31-22/h11,13,21-24H,12,14-18H2,1-10H3. The van der Waals surface area contributed by atoms with Gasteiger partial charge in [0.15, 0.2) is 0 Å². The molecule has 4 aliphatic rings. The first-order chi connectivity index (χ1) is 15.0. The Kier molecular flexibility index (Phi) is 6.30. The first kappa shape index (κ1) is 25.4. The zero-order valence-electron chi connectivity index (χ0n) is 22.8. The first-order valence-electron chi connectivity index (χ1n) is 13.0. The van der Waals surface area contributed by atoms with Crippen molar-refractivity contribution in [2.45, 2.75) is 106 Å². The normalized spacial score (nSPS) is 36.1. The van der Waals surface area contributed by atoms with E-state index < -0.39 is 0 Å². The molecule has 2 aliphatic carbocycles. The monoisotopic (exact) mass is 460 g/mol. The smallest absolute Gasteiger partial charge is 0.104 e. The second-order valence-corrected chi connectivity index (χ2v) is 14.3. The molecule has 4 heteroatoms. The van der Waals surface area contributed by atoms with Crippen LogP contribution >= 0.6 is 0 Å². The molecule has 0 N–H and O–H groups in total. The number of ether oxygens (including phenoxy) is 4. The summed E-state index contributed by atoms with van der Waals surface area (Å²) in [5, 5.41) is 0. The largest absolute Gasteiger partial charge is 0.374 e. The Morgan fingerprint density at radius 1 is 0.727 bits per heavy atom. The van der Waals surface area contributed by atoms with Gasteiger partial charge >= 0.3 is 0 Å². The maximum Gasteiger partial charge on any atom is 0.104 e. The average molecular weight is 461 g/mol. The van der Waals surface area contributed by atoms with Crippen molar-refractivity contribution in [3.8, 4) is 0 Å². The average Bonchev–Trinajstić information content (AvgIpc) is 3.52. The minimum Gasteiger partial charge on any atom is -0.374 e. The molecule has 188 valence electrons. The molecule has 4 unspecified atom stereocenters. The van der Waals surface area contributed by atoms with Crippen molar-refractivity contribution in [2.24, 2.45) is 27.1 Å². The Balaban J connectivity index is 1.60. The quantitative estimate of drug-likeness (QED) is 0.313. The summed E-state index contributed by atoms with van der Waals surface area (Å²) in [7, 11) is 0. The van der Waals surface area contributed by atoms with Gasteiger partial charge in [0.1, 0.15) is 12.2 Å². The maximum atomic E-state index is 6.46. The molecule has 0 aromatic carbocycles. The van der Waals surface area contributed by atoms with Gasteiger partial charge in [0.2, 0.25) is 0 Å². The molecule has 4 atom stereocenters. The number of rotatable bonds is 8. The molecule has 0 aromatic heterocycles. The Morgan fingerprint density at radius 3 is 1.33 bits per heavy atom. The lowest BCUT2D eigenvalue weighted by Crippen LogP contribution is -2.50.